The average Bonchev–Trinajstić information content (AvgIpc) is 3.07. The maximum absolute atomic E-state index is 5.99. The third kappa shape index (κ3) is 1.03. The molecule has 90 valence electrons. The van der Waals surface area contributed by atoms with Crippen LogP contribution in [-0.2, 0) is 6.54 Å². The third-order valence-corrected chi connectivity index (χ3v) is 3.61. The Hall–Kier alpha value is -2.69. The Morgan fingerprint density at radius 3 is 3.11 bits per heavy atom. The maximum atomic E-state index is 5.99. The molecule has 1 aromatic carbocycles. The normalized spacial score (nSPS) is 13.1. The van der Waals surface area contributed by atoms with E-state index in [1.54, 1.807) is 10.7 Å². The van der Waals surface area contributed by atoms with E-state index >= 15 is 0 Å². The molecular formula is C14H9N4O+. The van der Waals surface area contributed by atoms with E-state index in [0.29, 0.717) is 5.71 Å². The number of fused-ring (bicyclic) bond motifs is 7. The monoisotopic (exact) mass is 249 g/mol. The van der Waals surface area contributed by atoms with Crippen LogP contribution in [0, 0.1) is 0 Å². The van der Waals surface area contributed by atoms with E-state index in [9.17, 15) is 0 Å². The Labute approximate surface area is 107 Å². The summed E-state index contributed by atoms with van der Waals surface area (Å²) in [6, 6.07) is 12.1. The molecular weight excluding hydrogens is 240 g/mol. The van der Waals surface area contributed by atoms with Crippen molar-refractivity contribution in [2.75, 3.05) is 0 Å². The van der Waals surface area contributed by atoms with Gasteiger partial charge < -0.3 is 4.42 Å². The van der Waals surface area contributed by atoms with Crippen LogP contribution < -0.4 is 4.57 Å². The highest BCUT2D eigenvalue weighted by atomic mass is 16.4. The number of imidazole rings is 1. The quantitative estimate of drug-likeness (QED) is 0.393. The van der Waals surface area contributed by atoms with Crippen molar-refractivity contribution in [1.82, 2.24) is 14.6 Å². The van der Waals surface area contributed by atoms with E-state index in [1.165, 1.54) is 5.56 Å². The van der Waals surface area contributed by atoms with Crippen molar-refractivity contribution in [3.8, 4) is 11.5 Å². The van der Waals surface area contributed by atoms with Gasteiger partial charge in [-0.05, 0) is 17.1 Å². The molecule has 0 bridgehead atoms. The van der Waals surface area contributed by atoms with Crippen molar-refractivity contribution in [1.29, 1.82) is 0 Å². The molecule has 19 heavy (non-hydrogen) atoms. The van der Waals surface area contributed by atoms with Crippen LogP contribution >= 0.6 is 0 Å². The number of hydrogen-bond acceptors (Lipinski definition) is 3. The Bertz CT molecular complexity index is 951. The molecule has 4 heterocycles. The van der Waals surface area contributed by atoms with Crippen LogP contribution in [0.4, 0.5) is 0 Å². The Morgan fingerprint density at radius 1 is 1.16 bits per heavy atom. The van der Waals surface area contributed by atoms with Gasteiger partial charge in [-0.15, -0.1) is 0 Å². The summed E-state index contributed by atoms with van der Waals surface area (Å²) in [5.74, 6) is 0.869. The van der Waals surface area contributed by atoms with Gasteiger partial charge in [0.25, 0.3) is 11.5 Å². The van der Waals surface area contributed by atoms with Crippen molar-refractivity contribution >= 4 is 17.0 Å². The summed E-state index contributed by atoms with van der Waals surface area (Å²) in [5, 5.41) is 4.29. The second-order valence-corrected chi connectivity index (χ2v) is 4.68. The molecule has 0 N–H and O–H groups in total. The minimum absolute atomic E-state index is 0.708. The van der Waals surface area contributed by atoms with Crippen LogP contribution in [0.25, 0.3) is 28.5 Å². The summed E-state index contributed by atoms with van der Waals surface area (Å²) in [4.78, 5) is 4.60. The molecule has 0 radical (unpaired) electrons. The SMILES string of the molecule is c1ccc2c(c1)C[n+]1c-2oc2c1nc1cccnn12. The van der Waals surface area contributed by atoms with Gasteiger partial charge in [0.05, 0.1) is 5.56 Å². The van der Waals surface area contributed by atoms with Crippen LogP contribution in [0.2, 0.25) is 0 Å². The molecule has 1 aliphatic heterocycles. The van der Waals surface area contributed by atoms with Gasteiger partial charge in [-0.2, -0.15) is 14.2 Å². The fourth-order valence-electron chi connectivity index (χ4n) is 2.75. The lowest BCUT2D eigenvalue weighted by molar-refractivity contribution is -0.651. The van der Waals surface area contributed by atoms with E-state index in [1.807, 2.05) is 24.3 Å². The highest BCUT2D eigenvalue weighted by molar-refractivity contribution is 5.71. The van der Waals surface area contributed by atoms with Crippen molar-refractivity contribution in [3.05, 3.63) is 48.2 Å². The van der Waals surface area contributed by atoms with E-state index in [-0.39, 0.29) is 0 Å². The Balaban J connectivity index is 1.93. The predicted octanol–water partition coefficient (Wildman–Crippen LogP) is 1.79. The molecule has 0 spiro atoms. The van der Waals surface area contributed by atoms with Crippen LogP contribution in [0.3, 0.4) is 0 Å². The standard InChI is InChI=1S/C14H9N4O/c1-2-5-10-9(4-1)8-17-12-14(19-13(10)17)18-11(16-12)6-3-7-15-18/h1-7H,8H2/q+1. The number of oxazole rings is 1. The maximum Gasteiger partial charge on any atom is 0.392 e. The van der Waals surface area contributed by atoms with Gasteiger partial charge in [0, 0.05) is 17.8 Å². The molecule has 0 unspecified atom stereocenters. The summed E-state index contributed by atoms with van der Waals surface area (Å²) >= 11 is 0. The first-order valence-electron chi connectivity index (χ1n) is 6.16. The minimum atomic E-state index is 0.708. The highest BCUT2D eigenvalue weighted by Gasteiger charge is 2.34. The lowest BCUT2D eigenvalue weighted by Crippen LogP contribution is -2.30. The first kappa shape index (κ1) is 9.27. The topological polar surface area (TPSA) is 47.2 Å². The van der Waals surface area contributed by atoms with Gasteiger partial charge in [-0.3, -0.25) is 0 Å². The van der Waals surface area contributed by atoms with Crippen LogP contribution in [0.15, 0.2) is 47.0 Å². The van der Waals surface area contributed by atoms with Crippen LogP contribution in [0.5, 0.6) is 0 Å². The smallest absolute Gasteiger partial charge is 0.392 e. The van der Waals surface area contributed by atoms with Crippen molar-refractivity contribution in [2.24, 2.45) is 0 Å². The number of nitrogens with zero attached hydrogens (tertiary/aromatic N) is 4. The molecule has 3 aromatic heterocycles. The lowest BCUT2D eigenvalue weighted by atomic mass is 10.1. The van der Waals surface area contributed by atoms with Crippen LogP contribution in [-0.4, -0.2) is 14.6 Å². The summed E-state index contributed by atoms with van der Waals surface area (Å²) in [6.45, 7) is 0.808. The summed E-state index contributed by atoms with van der Waals surface area (Å²) < 4.78 is 9.84. The molecule has 0 atom stereocenters. The molecule has 1 aliphatic rings. The minimum Gasteiger partial charge on any atom is -0.395 e. The molecule has 0 saturated heterocycles. The van der Waals surface area contributed by atoms with Gasteiger partial charge >= 0.3 is 11.4 Å². The molecule has 5 heteroatoms. The van der Waals surface area contributed by atoms with Crippen LogP contribution in [0.1, 0.15) is 5.56 Å². The molecule has 4 aromatic rings. The fourth-order valence-corrected chi connectivity index (χ4v) is 2.75. The van der Waals surface area contributed by atoms with E-state index in [4.69, 9.17) is 4.42 Å². The number of hydrogen-bond donors (Lipinski definition) is 0. The second-order valence-electron chi connectivity index (χ2n) is 4.68. The highest BCUT2D eigenvalue weighted by Crippen LogP contribution is 2.30. The number of rotatable bonds is 0. The van der Waals surface area contributed by atoms with Gasteiger partial charge in [0.15, 0.2) is 0 Å². The van der Waals surface area contributed by atoms with Crippen molar-refractivity contribution in [3.63, 3.8) is 0 Å². The lowest BCUT2D eigenvalue weighted by Gasteiger charge is -1.91. The van der Waals surface area contributed by atoms with Crippen molar-refractivity contribution < 1.29 is 8.98 Å². The third-order valence-electron chi connectivity index (χ3n) is 3.61. The van der Waals surface area contributed by atoms with Gasteiger partial charge in [-0.1, -0.05) is 18.2 Å². The summed E-state index contributed by atoms with van der Waals surface area (Å²) in [5.41, 5.74) is 4.78. The average molecular weight is 249 g/mol. The van der Waals surface area contributed by atoms with Crippen molar-refractivity contribution in [2.45, 2.75) is 6.54 Å². The summed E-state index contributed by atoms with van der Waals surface area (Å²) in [7, 11) is 0. The summed E-state index contributed by atoms with van der Waals surface area (Å²) in [6.07, 6.45) is 1.74. The molecule has 0 saturated carbocycles. The van der Waals surface area contributed by atoms with Gasteiger partial charge in [0.1, 0.15) is 6.54 Å². The van der Waals surface area contributed by atoms with Gasteiger partial charge in [-0.25, -0.2) is 0 Å². The fraction of sp³-hybridized carbons (Fsp3) is 0.0714. The Kier molecular flexibility index (Phi) is 1.46. The first-order chi connectivity index (χ1) is 9.42. The van der Waals surface area contributed by atoms with E-state index in [0.717, 1.165) is 29.3 Å². The molecule has 0 fully saturated rings. The van der Waals surface area contributed by atoms with E-state index < -0.39 is 0 Å². The number of benzene rings is 1. The largest absolute Gasteiger partial charge is 0.395 e. The van der Waals surface area contributed by atoms with Gasteiger partial charge in [0.2, 0.25) is 0 Å². The predicted molar refractivity (Wildman–Crippen MR) is 67.5 cm³/mol. The zero-order valence-corrected chi connectivity index (χ0v) is 9.95. The molecule has 0 amide bonds. The molecule has 5 rings (SSSR count). The van der Waals surface area contributed by atoms with E-state index in [2.05, 4.69) is 26.8 Å². The Morgan fingerprint density at radius 2 is 2.11 bits per heavy atom. The first-order valence-corrected chi connectivity index (χ1v) is 6.16. The zero-order chi connectivity index (χ0) is 12.4. The molecule has 0 aliphatic carbocycles. The zero-order valence-electron chi connectivity index (χ0n) is 9.95. The number of aromatic nitrogens is 4. The molecule has 5 nitrogen and oxygen atoms in total. The second kappa shape index (κ2) is 3.00.